The summed E-state index contributed by atoms with van der Waals surface area (Å²) in [5.74, 6) is 0.375. The van der Waals surface area contributed by atoms with Crippen LogP contribution >= 0.6 is 11.3 Å². The van der Waals surface area contributed by atoms with Gasteiger partial charge >= 0.3 is 0 Å². The fourth-order valence-corrected chi connectivity index (χ4v) is 5.03. The fourth-order valence-electron chi connectivity index (χ4n) is 3.94. The monoisotopic (exact) mass is 402 g/mol. The van der Waals surface area contributed by atoms with Crippen LogP contribution in [-0.4, -0.2) is 38.7 Å². The van der Waals surface area contributed by atoms with Crippen LogP contribution < -0.4 is 0 Å². The van der Waals surface area contributed by atoms with Gasteiger partial charge in [-0.3, -0.25) is 9.48 Å². The van der Waals surface area contributed by atoms with E-state index in [1.54, 1.807) is 17.5 Å². The number of hydrogen-bond donors (Lipinski definition) is 0. The van der Waals surface area contributed by atoms with Crippen molar-refractivity contribution in [1.82, 2.24) is 19.7 Å². The molecule has 3 heterocycles. The van der Waals surface area contributed by atoms with Gasteiger partial charge in [-0.05, 0) is 30.5 Å². The normalized spacial score (nSPS) is 17.0. The first-order valence-corrected chi connectivity index (χ1v) is 10.8. The summed E-state index contributed by atoms with van der Waals surface area (Å²) in [7, 11) is 0. The lowest BCUT2D eigenvalue weighted by Crippen LogP contribution is -2.39. The van der Waals surface area contributed by atoms with E-state index >= 15 is 0 Å². The number of hydrogen-bond acceptors (Lipinski definition) is 4. The molecule has 29 heavy (non-hydrogen) atoms. The third-order valence-corrected chi connectivity index (χ3v) is 6.63. The first-order valence-electron chi connectivity index (χ1n) is 9.97. The molecule has 4 aromatic rings. The number of likely N-dealkylation sites (tertiary alicyclic amines) is 1. The van der Waals surface area contributed by atoms with E-state index in [0.29, 0.717) is 18.0 Å². The van der Waals surface area contributed by atoms with Gasteiger partial charge in [0, 0.05) is 25.2 Å². The van der Waals surface area contributed by atoms with Crippen LogP contribution in [0, 0.1) is 0 Å². The number of rotatable bonds is 4. The molecule has 1 saturated heterocycles. The third kappa shape index (κ3) is 3.80. The zero-order chi connectivity index (χ0) is 19.6. The molecule has 1 fully saturated rings. The van der Waals surface area contributed by atoms with E-state index in [1.165, 1.54) is 10.3 Å². The quantitative estimate of drug-likeness (QED) is 0.503. The topological polar surface area (TPSA) is 51.0 Å². The molecule has 146 valence electrons. The van der Waals surface area contributed by atoms with Crippen LogP contribution in [0.2, 0.25) is 0 Å². The molecule has 6 heteroatoms. The summed E-state index contributed by atoms with van der Waals surface area (Å²) < 4.78 is 3.05. The Morgan fingerprint density at radius 3 is 2.79 bits per heavy atom. The third-order valence-electron chi connectivity index (χ3n) is 5.44. The molecule has 2 aromatic carbocycles. The molecule has 5 rings (SSSR count). The molecule has 1 unspecified atom stereocenters. The van der Waals surface area contributed by atoms with Crippen LogP contribution in [0.25, 0.3) is 10.2 Å². The Labute approximate surface area is 173 Å². The van der Waals surface area contributed by atoms with Crippen LogP contribution in [0.5, 0.6) is 0 Å². The summed E-state index contributed by atoms with van der Waals surface area (Å²) in [6.45, 7) is 2.19. The molecule has 1 aliphatic rings. The van der Waals surface area contributed by atoms with E-state index in [1.807, 2.05) is 46.1 Å². The van der Waals surface area contributed by atoms with Gasteiger partial charge in [-0.15, -0.1) is 11.3 Å². The maximum absolute atomic E-state index is 13.1. The van der Waals surface area contributed by atoms with Gasteiger partial charge in [-0.2, -0.15) is 5.10 Å². The average molecular weight is 403 g/mol. The number of para-hydroxylation sites is 1. The highest BCUT2D eigenvalue weighted by molar-refractivity contribution is 7.18. The summed E-state index contributed by atoms with van der Waals surface area (Å²) in [4.78, 5) is 19.9. The summed E-state index contributed by atoms with van der Waals surface area (Å²) in [5.41, 5.74) is 2.88. The number of fused-ring (bicyclic) bond motifs is 1. The number of carbonyl (C=O) groups excluding carboxylic acids is 1. The molecule has 0 aliphatic carbocycles. The number of piperidine rings is 1. The van der Waals surface area contributed by atoms with Gasteiger partial charge in [-0.25, -0.2) is 4.98 Å². The number of nitrogens with zero attached hydrogens (tertiary/aromatic N) is 4. The first-order chi connectivity index (χ1) is 14.3. The van der Waals surface area contributed by atoms with Gasteiger partial charge in [-0.1, -0.05) is 42.5 Å². The second-order valence-corrected chi connectivity index (χ2v) is 8.58. The Morgan fingerprint density at radius 1 is 1.10 bits per heavy atom. The van der Waals surface area contributed by atoms with Crippen molar-refractivity contribution in [3.05, 3.63) is 83.1 Å². The van der Waals surface area contributed by atoms with Gasteiger partial charge in [0.25, 0.3) is 5.91 Å². The van der Waals surface area contributed by atoms with Crippen molar-refractivity contribution in [3.63, 3.8) is 0 Å². The summed E-state index contributed by atoms with van der Waals surface area (Å²) >= 11 is 1.75. The molecule has 1 aliphatic heterocycles. The number of benzene rings is 2. The minimum Gasteiger partial charge on any atom is -0.338 e. The van der Waals surface area contributed by atoms with E-state index in [2.05, 4.69) is 29.4 Å². The minimum absolute atomic E-state index is 0.0649. The van der Waals surface area contributed by atoms with Crippen molar-refractivity contribution in [2.45, 2.75) is 25.3 Å². The number of aromatic nitrogens is 3. The predicted molar refractivity (Wildman–Crippen MR) is 115 cm³/mol. The molecule has 0 saturated carbocycles. The Bertz CT molecular complexity index is 1100. The van der Waals surface area contributed by atoms with Crippen molar-refractivity contribution in [1.29, 1.82) is 0 Å². The highest BCUT2D eigenvalue weighted by Gasteiger charge is 2.28. The standard InChI is InChI=1S/C23H22N4OS/c28-23(19-13-24-27(16-19)14-17-7-2-1-3-8-17)26-12-6-9-18(15-26)22-25-20-10-4-5-11-21(20)29-22/h1-5,7-8,10-11,13,16,18H,6,9,12,14-15H2. The molecule has 0 N–H and O–H groups in total. The lowest BCUT2D eigenvalue weighted by molar-refractivity contribution is 0.0707. The van der Waals surface area contributed by atoms with Crippen molar-refractivity contribution in [3.8, 4) is 0 Å². The van der Waals surface area contributed by atoms with Crippen molar-refractivity contribution in [2.24, 2.45) is 0 Å². The Balaban J connectivity index is 1.30. The van der Waals surface area contributed by atoms with Gasteiger partial charge < -0.3 is 4.90 Å². The van der Waals surface area contributed by atoms with Crippen LogP contribution in [0.1, 0.15) is 39.7 Å². The fraction of sp³-hybridized carbons (Fsp3) is 0.261. The predicted octanol–water partition coefficient (Wildman–Crippen LogP) is 4.56. The molecule has 0 spiro atoms. The SMILES string of the molecule is O=C(c1cnn(Cc2ccccc2)c1)N1CCCC(c2nc3ccccc3s2)C1. The first kappa shape index (κ1) is 18.1. The highest BCUT2D eigenvalue weighted by atomic mass is 32.1. The summed E-state index contributed by atoms with van der Waals surface area (Å²) in [6.07, 6.45) is 5.63. The maximum Gasteiger partial charge on any atom is 0.257 e. The van der Waals surface area contributed by atoms with Crippen molar-refractivity contribution in [2.75, 3.05) is 13.1 Å². The molecular weight excluding hydrogens is 380 g/mol. The molecule has 2 aromatic heterocycles. The number of amides is 1. The smallest absolute Gasteiger partial charge is 0.257 e. The molecule has 1 amide bonds. The largest absolute Gasteiger partial charge is 0.338 e. The van der Waals surface area contributed by atoms with Crippen LogP contribution in [0.15, 0.2) is 67.0 Å². The zero-order valence-electron chi connectivity index (χ0n) is 16.1. The molecule has 0 bridgehead atoms. The highest BCUT2D eigenvalue weighted by Crippen LogP contribution is 2.33. The van der Waals surface area contributed by atoms with E-state index in [9.17, 15) is 4.79 Å². The molecular formula is C23H22N4OS. The van der Waals surface area contributed by atoms with Crippen LogP contribution in [0.3, 0.4) is 0 Å². The van der Waals surface area contributed by atoms with Gasteiger partial charge in [0.15, 0.2) is 0 Å². The van der Waals surface area contributed by atoms with Gasteiger partial charge in [0.1, 0.15) is 0 Å². The Morgan fingerprint density at radius 2 is 1.93 bits per heavy atom. The van der Waals surface area contributed by atoms with E-state index in [-0.39, 0.29) is 5.91 Å². The Kier molecular flexibility index (Phi) is 4.86. The summed E-state index contributed by atoms with van der Waals surface area (Å²) in [6, 6.07) is 18.4. The average Bonchev–Trinajstić information content (AvgIpc) is 3.41. The lowest BCUT2D eigenvalue weighted by Gasteiger charge is -2.31. The van der Waals surface area contributed by atoms with Gasteiger partial charge in [0.05, 0.1) is 33.5 Å². The van der Waals surface area contributed by atoms with Crippen LogP contribution in [-0.2, 0) is 6.54 Å². The lowest BCUT2D eigenvalue weighted by atomic mass is 9.98. The molecule has 0 radical (unpaired) electrons. The van der Waals surface area contributed by atoms with E-state index < -0.39 is 0 Å². The van der Waals surface area contributed by atoms with Crippen molar-refractivity contribution < 1.29 is 4.79 Å². The minimum atomic E-state index is 0.0649. The van der Waals surface area contributed by atoms with Crippen LogP contribution in [0.4, 0.5) is 0 Å². The van der Waals surface area contributed by atoms with E-state index in [4.69, 9.17) is 4.98 Å². The van der Waals surface area contributed by atoms with Gasteiger partial charge in [0.2, 0.25) is 0 Å². The second kappa shape index (κ2) is 7.79. The zero-order valence-corrected chi connectivity index (χ0v) is 16.9. The maximum atomic E-state index is 13.1. The molecule has 5 nitrogen and oxygen atoms in total. The molecule has 1 atom stereocenters. The van der Waals surface area contributed by atoms with E-state index in [0.717, 1.165) is 36.5 Å². The van der Waals surface area contributed by atoms with Crippen molar-refractivity contribution >= 4 is 27.5 Å². The Hall–Kier alpha value is -2.99. The summed E-state index contributed by atoms with van der Waals surface area (Å²) in [5, 5.41) is 5.53. The second-order valence-electron chi connectivity index (χ2n) is 7.52. The number of thiazole rings is 1. The number of carbonyl (C=O) groups is 1.